The second-order valence-electron chi connectivity index (χ2n) is 4.83. The lowest BCUT2D eigenvalue weighted by atomic mass is 10.3. The Labute approximate surface area is 120 Å². The molecule has 1 amide bonds. The fourth-order valence-electron chi connectivity index (χ4n) is 1.75. The molecule has 1 aromatic carbocycles. The molecular formula is C14H22N2O3S. The molecule has 0 radical (unpaired) electrons. The van der Waals surface area contributed by atoms with Crippen LogP contribution in [-0.2, 0) is 14.6 Å². The van der Waals surface area contributed by atoms with Crippen molar-refractivity contribution < 1.29 is 13.2 Å². The number of hydrogen-bond donors (Lipinski definition) is 2. The molecule has 0 heterocycles. The summed E-state index contributed by atoms with van der Waals surface area (Å²) in [5, 5.41) is 1.53. The van der Waals surface area contributed by atoms with Gasteiger partial charge in [-0.2, -0.15) is 0 Å². The molecule has 0 fully saturated rings. The Balaban J connectivity index is 2.66. The Morgan fingerprint density at radius 2 is 2.05 bits per heavy atom. The number of anilines is 2. The first-order chi connectivity index (χ1) is 9.36. The number of sulfone groups is 1. The summed E-state index contributed by atoms with van der Waals surface area (Å²) >= 11 is 0. The van der Waals surface area contributed by atoms with E-state index in [-0.39, 0.29) is 5.75 Å². The number of unbranched alkanes of at least 4 members (excludes halogenated alkanes) is 2. The van der Waals surface area contributed by atoms with Gasteiger partial charge >= 0.3 is 0 Å². The van der Waals surface area contributed by atoms with E-state index in [1.54, 1.807) is 24.3 Å². The van der Waals surface area contributed by atoms with Gasteiger partial charge in [-0.05, 0) is 31.5 Å². The lowest BCUT2D eigenvalue weighted by Gasteiger charge is -2.13. The monoisotopic (exact) mass is 298 g/mol. The maximum Gasteiger partial charge on any atom is 0.242 e. The van der Waals surface area contributed by atoms with Crippen molar-refractivity contribution in [3.05, 3.63) is 24.3 Å². The van der Waals surface area contributed by atoms with E-state index in [2.05, 4.69) is 5.32 Å². The van der Waals surface area contributed by atoms with E-state index in [4.69, 9.17) is 5.73 Å². The van der Waals surface area contributed by atoms with Gasteiger partial charge in [0, 0.05) is 11.4 Å². The summed E-state index contributed by atoms with van der Waals surface area (Å²) in [6, 6.07) is 6.66. The molecule has 1 unspecified atom stereocenters. The molecule has 1 aromatic rings. The molecular weight excluding hydrogens is 276 g/mol. The first-order valence-electron chi connectivity index (χ1n) is 6.75. The van der Waals surface area contributed by atoms with E-state index in [1.807, 2.05) is 6.92 Å². The molecule has 3 N–H and O–H groups in total. The van der Waals surface area contributed by atoms with Gasteiger partial charge < -0.3 is 11.1 Å². The number of rotatable bonds is 7. The number of benzene rings is 1. The Morgan fingerprint density at radius 1 is 1.35 bits per heavy atom. The van der Waals surface area contributed by atoms with Gasteiger partial charge in [-0.25, -0.2) is 8.42 Å². The summed E-state index contributed by atoms with van der Waals surface area (Å²) in [7, 11) is -3.41. The molecule has 0 spiro atoms. The third kappa shape index (κ3) is 4.85. The minimum Gasteiger partial charge on any atom is -0.399 e. The number of hydrogen-bond acceptors (Lipinski definition) is 4. The third-order valence-corrected chi connectivity index (χ3v) is 5.24. The minimum absolute atomic E-state index is 0.0480. The number of nitrogens with one attached hydrogen (secondary N) is 1. The van der Waals surface area contributed by atoms with Gasteiger partial charge in [0.2, 0.25) is 5.91 Å². The van der Waals surface area contributed by atoms with Gasteiger partial charge in [-0.1, -0.05) is 25.8 Å². The van der Waals surface area contributed by atoms with Crippen LogP contribution >= 0.6 is 0 Å². The number of carbonyl (C=O) groups is 1. The Morgan fingerprint density at radius 3 is 2.65 bits per heavy atom. The van der Waals surface area contributed by atoms with Gasteiger partial charge in [0.25, 0.3) is 0 Å². The van der Waals surface area contributed by atoms with Crippen LogP contribution in [-0.4, -0.2) is 25.3 Å². The highest BCUT2D eigenvalue weighted by atomic mass is 32.2. The Hall–Kier alpha value is -1.56. The molecule has 112 valence electrons. The fraction of sp³-hybridized carbons (Fsp3) is 0.500. The second kappa shape index (κ2) is 7.28. The van der Waals surface area contributed by atoms with Crippen LogP contribution in [0, 0.1) is 0 Å². The van der Waals surface area contributed by atoms with Crippen molar-refractivity contribution in [1.29, 1.82) is 0 Å². The maximum absolute atomic E-state index is 12.0. The highest BCUT2D eigenvalue weighted by Gasteiger charge is 2.27. The summed E-state index contributed by atoms with van der Waals surface area (Å²) in [6.45, 7) is 3.42. The standard InChI is InChI=1S/C14H22N2O3S/c1-3-4-5-9-20(18,19)11(2)14(17)16-13-8-6-7-12(15)10-13/h6-8,10-11H,3-5,9,15H2,1-2H3,(H,16,17). The number of nitrogen functional groups attached to an aromatic ring is 1. The molecule has 0 aliphatic heterocycles. The van der Waals surface area contributed by atoms with Crippen LogP contribution in [0.4, 0.5) is 11.4 Å². The summed E-state index contributed by atoms with van der Waals surface area (Å²) in [5.74, 6) is -0.473. The van der Waals surface area contributed by atoms with E-state index in [0.717, 1.165) is 12.8 Å². The Bertz CT molecular complexity index is 555. The predicted octanol–water partition coefficient (Wildman–Crippen LogP) is 2.20. The van der Waals surface area contributed by atoms with Crippen molar-refractivity contribution in [3.63, 3.8) is 0 Å². The summed E-state index contributed by atoms with van der Waals surface area (Å²) in [5.41, 5.74) is 6.63. The van der Waals surface area contributed by atoms with Gasteiger partial charge in [0.1, 0.15) is 5.25 Å². The van der Waals surface area contributed by atoms with Crippen molar-refractivity contribution in [2.75, 3.05) is 16.8 Å². The zero-order valence-electron chi connectivity index (χ0n) is 11.9. The number of carbonyl (C=O) groups excluding carboxylic acids is 1. The normalized spacial score (nSPS) is 12.9. The quantitative estimate of drug-likeness (QED) is 0.596. The van der Waals surface area contributed by atoms with Gasteiger partial charge in [-0.15, -0.1) is 0 Å². The molecule has 0 aliphatic carbocycles. The zero-order valence-corrected chi connectivity index (χ0v) is 12.7. The molecule has 0 aromatic heterocycles. The van der Waals surface area contributed by atoms with E-state index in [9.17, 15) is 13.2 Å². The highest BCUT2D eigenvalue weighted by molar-refractivity contribution is 7.92. The maximum atomic E-state index is 12.0. The van der Waals surface area contributed by atoms with Crippen molar-refractivity contribution >= 4 is 27.1 Å². The molecule has 0 saturated heterocycles. The molecule has 6 heteroatoms. The van der Waals surface area contributed by atoms with Gasteiger partial charge in [-0.3, -0.25) is 4.79 Å². The molecule has 0 saturated carbocycles. The van der Waals surface area contributed by atoms with Crippen molar-refractivity contribution in [1.82, 2.24) is 0 Å². The molecule has 1 atom stereocenters. The summed E-state index contributed by atoms with van der Waals surface area (Å²) in [4.78, 5) is 12.0. The van der Waals surface area contributed by atoms with Crippen molar-refractivity contribution in [3.8, 4) is 0 Å². The van der Waals surface area contributed by atoms with E-state index in [1.165, 1.54) is 6.92 Å². The van der Waals surface area contributed by atoms with Crippen molar-refractivity contribution in [2.45, 2.75) is 38.4 Å². The highest BCUT2D eigenvalue weighted by Crippen LogP contribution is 2.14. The van der Waals surface area contributed by atoms with E-state index in [0.29, 0.717) is 17.8 Å². The van der Waals surface area contributed by atoms with Gasteiger partial charge in [0.05, 0.1) is 5.75 Å². The number of amides is 1. The van der Waals surface area contributed by atoms with Gasteiger partial charge in [0.15, 0.2) is 9.84 Å². The number of nitrogens with two attached hydrogens (primary N) is 1. The average molecular weight is 298 g/mol. The smallest absolute Gasteiger partial charge is 0.242 e. The van der Waals surface area contributed by atoms with Crippen LogP contribution in [0.2, 0.25) is 0 Å². The van der Waals surface area contributed by atoms with Crippen LogP contribution in [0.1, 0.15) is 33.1 Å². The second-order valence-corrected chi connectivity index (χ2v) is 7.27. The minimum atomic E-state index is -3.41. The van der Waals surface area contributed by atoms with Crippen LogP contribution in [0.3, 0.4) is 0 Å². The lowest BCUT2D eigenvalue weighted by molar-refractivity contribution is -0.115. The summed E-state index contributed by atoms with van der Waals surface area (Å²) in [6.07, 6.45) is 2.39. The van der Waals surface area contributed by atoms with Crippen LogP contribution in [0.5, 0.6) is 0 Å². The molecule has 20 heavy (non-hydrogen) atoms. The van der Waals surface area contributed by atoms with Crippen LogP contribution in [0.15, 0.2) is 24.3 Å². The van der Waals surface area contributed by atoms with E-state index >= 15 is 0 Å². The zero-order chi connectivity index (χ0) is 15.2. The molecule has 0 bridgehead atoms. The molecule has 5 nitrogen and oxygen atoms in total. The lowest BCUT2D eigenvalue weighted by Crippen LogP contribution is -2.34. The molecule has 0 aliphatic rings. The topological polar surface area (TPSA) is 89.3 Å². The fourth-order valence-corrected chi connectivity index (χ4v) is 3.10. The Kier molecular flexibility index (Phi) is 6.01. The molecule has 1 rings (SSSR count). The SMILES string of the molecule is CCCCCS(=O)(=O)C(C)C(=O)Nc1cccc(N)c1. The summed E-state index contributed by atoms with van der Waals surface area (Å²) < 4.78 is 24.0. The van der Waals surface area contributed by atoms with E-state index < -0.39 is 21.0 Å². The third-order valence-electron chi connectivity index (χ3n) is 3.09. The first-order valence-corrected chi connectivity index (χ1v) is 8.46. The first kappa shape index (κ1) is 16.5. The van der Waals surface area contributed by atoms with Crippen LogP contribution < -0.4 is 11.1 Å². The largest absolute Gasteiger partial charge is 0.399 e. The van der Waals surface area contributed by atoms with Crippen molar-refractivity contribution in [2.24, 2.45) is 0 Å². The van der Waals surface area contributed by atoms with Crippen LogP contribution in [0.25, 0.3) is 0 Å². The predicted molar refractivity (Wildman–Crippen MR) is 82.3 cm³/mol. The average Bonchev–Trinajstić information content (AvgIpc) is 2.38.